The Hall–Kier alpha value is -1.16. The summed E-state index contributed by atoms with van der Waals surface area (Å²) in [4.78, 5) is 19.8. The van der Waals surface area contributed by atoms with Crippen LogP contribution in [0.5, 0.6) is 0 Å². The highest BCUT2D eigenvalue weighted by Crippen LogP contribution is 2.13. The molecular formula is C22H40O4. The molecule has 0 atom stereocenters. The largest absolute Gasteiger partial charge is 0.396 e. The first kappa shape index (κ1) is 24.8. The average molecular weight is 369 g/mol. The van der Waals surface area contributed by atoms with Crippen molar-refractivity contribution in [3.05, 3.63) is 12.2 Å². The summed E-state index contributed by atoms with van der Waals surface area (Å²) in [6, 6.07) is 0. The summed E-state index contributed by atoms with van der Waals surface area (Å²) in [5.74, 6) is -1.16. The number of carbonyl (C=O) groups is 2. The predicted molar refractivity (Wildman–Crippen MR) is 107 cm³/mol. The van der Waals surface area contributed by atoms with Gasteiger partial charge < -0.3 is 9.84 Å². The Labute approximate surface area is 160 Å². The van der Waals surface area contributed by atoms with Crippen molar-refractivity contribution in [1.29, 1.82) is 0 Å². The molecule has 26 heavy (non-hydrogen) atoms. The number of carbonyl (C=O) groups excluding carboxylic acids is 2. The van der Waals surface area contributed by atoms with E-state index < -0.39 is 11.9 Å². The molecule has 0 radical (unpaired) electrons. The van der Waals surface area contributed by atoms with Crippen molar-refractivity contribution >= 4 is 11.9 Å². The van der Waals surface area contributed by atoms with Gasteiger partial charge in [0.05, 0.1) is 0 Å². The van der Waals surface area contributed by atoms with Crippen LogP contribution in [0, 0.1) is 0 Å². The fourth-order valence-electron chi connectivity index (χ4n) is 2.96. The molecule has 0 fully saturated rings. The molecule has 0 saturated carbocycles. The normalized spacial score (nSPS) is 12.8. The number of ether oxygens (including phenoxy) is 1. The molecule has 0 aromatic heterocycles. The van der Waals surface area contributed by atoms with Gasteiger partial charge in [0.15, 0.2) is 0 Å². The number of rotatable bonds is 16. The zero-order valence-electron chi connectivity index (χ0n) is 16.8. The van der Waals surface area contributed by atoms with Gasteiger partial charge in [-0.25, -0.2) is 9.59 Å². The molecule has 0 bridgehead atoms. The van der Waals surface area contributed by atoms with Gasteiger partial charge in [0.25, 0.3) is 0 Å². The van der Waals surface area contributed by atoms with Crippen LogP contribution in [0.4, 0.5) is 0 Å². The van der Waals surface area contributed by atoms with Crippen LogP contribution in [0.3, 0.4) is 0 Å². The Kier molecular flexibility index (Phi) is 19.3. The highest BCUT2D eigenvalue weighted by atomic mass is 16.6. The minimum absolute atomic E-state index is 0.373. The average Bonchev–Trinajstić information content (AvgIpc) is 3.02. The maximum Gasteiger partial charge on any atom is 0.338 e. The van der Waals surface area contributed by atoms with E-state index >= 15 is 0 Å². The van der Waals surface area contributed by atoms with Gasteiger partial charge >= 0.3 is 11.9 Å². The maximum absolute atomic E-state index is 9.92. The molecule has 0 spiro atoms. The molecule has 0 unspecified atom stereocenters. The summed E-state index contributed by atoms with van der Waals surface area (Å²) in [7, 11) is 0. The molecule has 0 aromatic rings. The van der Waals surface area contributed by atoms with Crippen molar-refractivity contribution in [3.8, 4) is 0 Å². The van der Waals surface area contributed by atoms with Crippen molar-refractivity contribution in [1.82, 2.24) is 0 Å². The molecule has 0 saturated heterocycles. The first-order valence-corrected chi connectivity index (χ1v) is 10.8. The second kappa shape index (κ2) is 20.2. The molecule has 1 aliphatic rings. The molecule has 0 aliphatic carbocycles. The van der Waals surface area contributed by atoms with E-state index in [9.17, 15) is 9.59 Å². The summed E-state index contributed by atoms with van der Waals surface area (Å²) >= 11 is 0. The van der Waals surface area contributed by atoms with Crippen molar-refractivity contribution in [2.45, 2.75) is 110 Å². The quantitative estimate of drug-likeness (QED) is 0.210. The van der Waals surface area contributed by atoms with E-state index in [-0.39, 0.29) is 0 Å². The lowest BCUT2D eigenvalue weighted by Crippen LogP contribution is -1.96. The van der Waals surface area contributed by atoms with Crippen LogP contribution in [0.1, 0.15) is 110 Å². The summed E-state index contributed by atoms with van der Waals surface area (Å²) in [5, 5.41) is 8.67. The Morgan fingerprint density at radius 2 is 0.923 bits per heavy atom. The minimum atomic E-state index is -0.579. The fraction of sp³-hybridized carbons (Fsp3) is 0.818. The van der Waals surface area contributed by atoms with E-state index in [1.165, 1.54) is 96.3 Å². The number of cyclic esters (lactones) is 2. The summed E-state index contributed by atoms with van der Waals surface area (Å²) in [6.07, 6.45) is 24.3. The minimum Gasteiger partial charge on any atom is -0.396 e. The van der Waals surface area contributed by atoms with Gasteiger partial charge in [-0.05, 0) is 6.42 Å². The molecule has 0 aromatic carbocycles. The molecule has 1 N–H and O–H groups in total. The molecular weight excluding hydrogens is 328 g/mol. The van der Waals surface area contributed by atoms with E-state index in [0.29, 0.717) is 6.61 Å². The molecule has 152 valence electrons. The topological polar surface area (TPSA) is 63.6 Å². The summed E-state index contributed by atoms with van der Waals surface area (Å²) in [6.45, 7) is 2.66. The lowest BCUT2D eigenvalue weighted by atomic mass is 10.0. The standard InChI is InChI=1S/C18H38O.C4H2O3/c1-2-3-4-5-6-7-8-9-10-11-12-13-14-15-16-17-18-19;5-3-1-2-4(6)7-3/h19H,2-18H2,1H3;1-2H. The van der Waals surface area contributed by atoms with Gasteiger partial charge in [0, 0.05) is 18.8 Å². The maximum atomic E-state index is 9.92. The first-order valence-electron chi connectivity index (χ1n) is 10.8. The number of esters is 2. The van der Waals surface area contributed by atoms with E-state index in [0.717, 1.165) is 18.6 Å². The van der Waals surface area contributed by atoms with Crippen molar-refractivity contribution in [2.24, 2.45) is 0 Å². The Morgan fingerprint density at radius 1 is 0.615 bits per heavy atom. The van der Waals surface area contributed by atoms with Gasteiger partial charge in [-0.2, -0.15) is 0 Å². The van der Waals surface area contributed by atoms with Crippen molar-refractivity contribution in [3.63, 3.8) is 0 Å². The first-order chi connectivity index (χ1) is 12.7. The van der Waals surface area contributed by atoms with Gasteiger partial charge in [-0.3, -0.25) is 0 Å². The zero-order chi connectivity index (χ0) is 19.3. The number of unbranched alkanes of at least 4 members (excludes halogenated alkanes) is 15. The summed E-state index contributed by atoms with van der Waals surface area (Å²) < 4.78 is 3.97. The SMILES string of the molecule is CCCCCCCCCCCCCCCCCCO.O=C1C=CC(=O)O1. The lowest BCUT2D eigenvalue weighted by Gasteiger charge is -2.03. The highest BCUT2D eigenvalue weighted by Gasteiger charge is 2.10. The van der Waals surface area contributed by atoms with E-state index in [1.54, 1.807) is 0 Å². The van der Waals surface area contributed by atoms with Crippen LogP contribution in [0.25, 0.3) is 0 Å². The molecule has 1 rings (SSSR count). The van der Waals surface area contributed by atoms with Crippen molar-refractivity contribution < 1.29 is 19.4 Å². The van der Waals surface area contributed by atoms with Gasteiger partial charge in [-0.15, -0.1) is 0 Å². The van der Waals surface area contributed by atoms with Crippen LogP contribution in [-0.2, 0) is 14.3 Å². The van der Waals surface area contributed by atoms with Gasteiger partial charge in [0.2, 0.25) is 0 Å². The second-order valence-electron chi connectivity index (χ2n) is 7.10. The number of aliphatic hydroxyl groups excluding tert-OH is 1. The smallest absolute Gasteiger partial charge is 0.338 e. The van der Waals surface area contributed by atoms with E-state index in [2.05, 4.69) is 11.7 Å². The van der Waals surface area contributed by atoms with Gasteiger partial charge in [-0.1, -0.05) is 103 Å². The van der Waals surface area contributed by atoms with Crippen LogP contribution in [0.2, 0.25) is 0 Å². The predicted octanol–water partition coefficient (Wildman–Crippen LogP) is 5.87. The fourth-order valence-corrected chi connectivity index (χ4v) is 2.96. The van der Waals surface area contributed by atoms with E-state index in [4.69, 9.17) is 5.11 Å². The number of hydrogen-bond donors (Lipinski definition) is 1. The Morgan fingerprint density at radius 3 is 1.15 bits per heavy atom. The Bertz CT molecular complexity index is 331. The van der Waals surface area contributed by atoms with E-state index in [1.807, 2.05) is 0 Å². The second-order valence-corrected chi connectivity index (χ2v) is 7.10. The van der Waals surface area contributed by atoms with Crippen LogP contribution >= 0.6 is 0 Å². The number of aliphatic hydroxyl groups is 1. The number of hydrogen-bond acceptors (Lipinski definition) is 4. The molecule has 1 heterocycles. The molecule has 0 amide bonds. The Balaban J connectivity index is 0.000000735. The third kappa shape index (κ3) is 19.2. The van der Waals surface area contributed by atoms with Crippen molar-refractivity contribution in [2.75, 3.05) is 6.61 Å². The van der Waals surface area contributed by atoms with Crippen LogP contribution in [0.15, 0.2) is 12.2 Å². The van der Waals surface area contributed by atoms with Gasteiger partial charge in [0.1, 0.15) is 0 Å². The lowest BCUT2D eigenvalue weighted by molar-refractivity contribution is -0.150. The molecule has 1 aliphatic heterocycles. The van der Waals surface area contributed by atoms with Crippen LogP contribution < -0.4 is 0 Å². The third-order valence-electron chi connectivity index (χ3n) is 4.57. The summed E-state index contributed by atoms with van der Waals surface area (Å²) in [5.41, 5.74) is 0. The van der Waals surface area contributed by atoms with Crippen LogP contribution in [-0.4, -0.2) is 23.7 Å². The molecule has 4 heteroatoms. The molecule has 4 nitrogen and oxygen atoms in total. The highest BCUT2D eigenvalue weighted by molar-refractivity contribution is 6.04. The monoisotopic (exact) mass is 368 g/mol. The zero-order valence-corrected chi connectivity index (χ0v) is 16.8. The third-order valence-corrected chi connectivity index (χ3v) is 4.57.